The molecule has 0 bridgehead atoms. The first kappa shape index (κ1) is 17.9. The van der Waals surface area contributed by atoms with Crippen molar-refractivity contribution in [3.05, 3.63) is 52.8 Å². The molecule has 2 aliphatic rings. The molecule has 0 N–H and O–H groups in total. The Morgan fingerprint density at radius 2 is 1.96 bits per heavy atom. The van der Waals surface area contributed by atoms with Crippen LogP contribution in [0.3, 0.4) is 0 Å². The molecule has 27 heavy (non-hydrogen) atoms. The van der Waals surface area contributed by atoms with Crippen molar-refractivity contribution in [1.82, 2.24) is 14.9 Å². The van der Waals surface area contributed by atoms with Crippen LogP contribution in [0.4, 0.5) is 0 Å². The molecule has 0 saturated carbocycles. The van der Waals surface area contributed by atoms with E-state index in [1.807, 2.05) is 43.9 Å². The molecule has 2 aliphatic heterocycles. The molecule has 1 aromatic carbocycles. The molecule has 6 nitrogen and oxygen atoms in total. The largest absolute Gasteiger partial charge is 0.460 e. The van der Waals surface area contributed by atoms with Crippen LogP contribution in [0, 0.1) is 20.8 Å². The van der Waals surface area contributed by atoms with E-state index in [-0.39, 0.29) is 17.6 Å². The molecule has 1 aromatic heterocycles. The number of hydrogen-bond donors (Lipinski definition) is 0. The summed E-state index contributed by atoms with van der Waals surface area (Å²) in [4.78, 5) is 23.2. The van der Waals surface area contributed by atoms with Crippen molar-refractivity contribution in [2.24, 2.45) is 0 Å². The quantitative estimate of drug-likeness (QED) is 0.835. The molecular formula is C21H25N3O3. The summed E-state index contributed by atoms with van der Waals surface area (Å²) in [7, 11) is 0. The summed E-state index contributed by atoms with van der Waals surface area (Å²) >= 11 is 0. The fourth-order valence-electron chi connectivity index (χ4n) is 4.01. The van der Waals surface area contributed by atoms with Gasteiger partial charge in [-0.3, -0.25) is 4.79 Å². The molecule has 142 valence electrons. The fourth-order valence-corrected chi connectivity index (χ4v) is 4.01. The minimum atomic E-state index is -0.304. The first-order valence-corrected chi connectivity index (χ1v) is 9.40. The topological polar surface area (TPSA) is 64.6 Å². The van der Waals surface area contributed by atoms with Crippen LogP contribution in [0.5, 0.6) is 6.01 Å². The van der Waals surface area contributed by atoms with Crippen LogP contribution in [0.2, 0.25) is 0 Å². The maximum atomic E-state index is 12.8. The van der Waals surface area contributed by atoms with Gasteiger partial charge in [0.2, 0.25) is 0 Å². The SMILES string of the molecule is Cc1cc(C)cc(C(=O)N2CC3(CC(Oc4nccc(C)n4)CCO3)C2)c1. The molecule has 1 spiro atoms. The Balaban J connectivity index is 1.39. The van der Waals surface area contributed by atoms with Gasteiger partial charge in [0.1, 0.15) is 11.7 Å². The summed E-state index contributed by atoms with van der Waals surface area (Å²) in [6.07, 6.45) is 3.28. The Kier molecular flexibility index (Phi) is 4.60. The minimum absolute atomic E-state index is 0.0130. The molecule has 2 saturated heterocycles. The van der Waals surface area contributed by atoms with Crippen LogP contribution in [0.25, 0.3) is 0 Å². The van der Waals surface area contributed by atoms with E-state index in [0.29, 0.717) is 25.7 Å². The summed E-state index contributed by atoms with van der Waals surface area (Å²) < 4.78 is 12.0. The highest BCUT2D eigenvalue weighted by molar-refractivity contribution is 5.95. The van der Waals surface area contributed by atoms with Crippen molar-refractivity contribution in [1.29, 1.82) is 0 Å². The molecular weight excluding hydrogens is 342 g/mol. The van der Waals surface area contributed by atoms with Crippen LogP contribution in [0.15, 0.2) is 30.5 Å². The standard InChI is InChI=1S/C21H25N3O3/c1-14-8-15(2)10-17(9-14)19(25)24-12-21(13-24)11-18(5-7-26-21)27-20-22-6-4-16(3)23-20/h4,6,8-10,18H,5,7,11-13H2,1-3H3. The van der Waals surface area contributed by atoms with Crippen LogP contribution in [-0.4, -0.2) is 52.2 Å². The number of benzene rings is 1. The van der Waals surface area contributed by atoms with E-state index in [2.05, 4.69) is 16.0 Å². The van der Waals surface area contributed by atoms with Crippen LogP contribution in [-0.2, 0) is 4.74 Å². The zero-order valence-electron chi connectivity index (χ0n) is 16.1. The average molecular weight is 367 g/mol. The second-order valence-electron chi connectivity index (χ2n) is 7.78. The Labute approximate surface area is 159 Å². The number of likely N-dealkylation sites (tertiary alicyclic amines) is 1. The number of amides is 1. The van der Waals surface area contributed by atoms with Gasteiger partial charge in [-0.15, -0.1) is 0 Å². The third kappa shape index (κ3) is 3.81. The van der Waals surface area contributed by atoms with E-state index in [1.54, 1.807) is 6.20 Å². The minimum Gasteiger partial charge on any atom is -0.460 e. The van der Waals surface area contributed by atoms with E-state index in [4.69, 9.17) is 9.47 Å². The van der Waals surface area contributed by atoms with Gasteiger partial charge in [-0.25, -0.2) is 9.97 Å². The van der Waals surface area contributed by atoms with Crippen molar-refractivity contribution in [3.8, 4) is 6.01 Å². The molecule has 0 radical (unpaired) electrons. The maximum absolute atomic E-state index is 12.8. The van der Waals surface area contributed by atoms with E-state index in [0.717, 1.165) is 35.2 Å². The van der Waals surface area contributed by atoms with Crippen molar-refractivity contribution >= 4 is 5.91 Å². The molecule has 1 unspecified atom stereocenters. The van der Waals surface area contributed by atoms with Gasteiger partial charge >= 0.3 is 6.01 Å². The van der Waals surface area contributed by atoms with Crippen LogP contribution >= 0.6 is 0 Å². The lowest BCUT2D eigenvalue weighted by atomic mass is 9.84. The van der Waals surface area contributed by atoms with Gasteiger partial charge in [0.25, 0.3) is 5.91 Å². The lowest BCUT2D eigenvalue weighted by Gasteiger charge is -2.52. The summed E-state index contributed by atoms with van der Waals surface area (Å²) in [5.74, 6) is 0.0704. The van der Waals surface area contributed by atoms with Gasteiger partial charge in [-0.1, -0.05) is 17.2 Å². The second-order valence-corrected chi connectivity index (χ2v) is 7.78. The van der Waals surface area contributed by atoms with Crippen molar-refractivity contribution < 1.29 is 14.3 Å². The fraction of sp³-hybridized carbons (Fsp3) is 0.476. The molecule has 3 heterocycles. The van der Waals surface area contributed by atoms with E-state index < -0.39 is 0 Å². The van der Waals surface area contributed by atoms with Crippen molar-refractivity contribution in [2.75, 3.05) is 19.7 Å². The maximum Gasteiger partial charge on any atom is 0.316 e. The van der Waals surface area contributed by atoms with Crippen LogP contribution < -0.4 is 4.74 Å². The van der Waals surface area contributed by atoms with Crippen molar-refractivity contribution in [3.63, 3.8) is 0 Å². The normalized spacial score (nSPS) is 21.0. The third-order valence-electron chi connectivity index (χ3n) is 5.21. The number of aromatic nitrogens is 2. The third-order valence-corrected chi connectivity index (χ3v) is 5.21. The van der Waals surface area contributed by atoms with Gasteiger partial charge in [-0.2, -0.15) is 0 Å². The van der Waals surface area contributed by atoms with E-state index in [1.165, 1.54) is 0 Å². The van der Waals surface area contributed by atoms with Gasteiger partial charge in [0.05, 0.1) is 19.7 Å². The summed E-state index contributed by atoms with van der Waals surface area (Å²) in [5.41, 5.74) is 3.54. The number of aryl methyl sites for hydroxylation is 3. The predicted molar refractivity (Wildman–Crippen MR) is 101 cm³/mol. The van der Waals surface area contributed by atoms with Crippen molar-refractivity contribution in [2.45, 2.75) is 45.3 Å². The first-order chi connectivity index (χ1) is 12.9. The number of nitrogens with zero attached hydrogens (tertiary/aromatic N) is 3. The molecule has 0 aliphatic carbocycles. The Morgan fingerprint density at radius 3 is 2.67 bits per heavy atom. The highest BCUT2D eigenvalue weighted by Gasteiger charge is 2.50. The molecule has 1 atom stereocenters. The van der Waals surface area contributed by atoms with E-state index >= 15 is 0 Å². The second kappa shape index (κ2) is 6.93. The Bertz CT molecular complexity index is 841. The molecule has 2 aromatic rings. The molecule has 4 rings (SSSR count). The highest BCUT2D eigenvalue weighted by Crippen LogP contribution is 2.36. The number of carbonyl (C=O) groups excluding carboxylic acids is 1. The van der Waals surface area contributed by atoms with Gasteiger partial charge in [0.15, 0.2) is 0 Å². The number of hydrogen-bond acceptors (Lipinski definition) is 5. The number of carbonyl (C=O) groups is 1. The number of rotatable bonds is 3. The summed E-state index contributed by atoms with van der Waals surface area (Å²) in [6, 6.07) is 8.24. The zero-order valence-corrected chi connectivity index (χ0v) is 16.1. The first-order valence-electron chi connectivity index (χ1n) is 9.40. The molecule has 6 heteroatoms. The number of ether oxygens (including phenoxy) is 2. The van der Waals surface area contributed by atoms with Crippen LogP contribution in [0.1, 0.15) is 40.0 Å². The van der Waals surface area contributed by atoms with Gasteiger partial charge in [-0.05, 0) is 39.0 Å². The Morgan fingerprint density at radius 1 is 1.22 bits per heavy atom. The van der Waals surface area contributed by atoms with E-state index in [9.17, 15) is 4.79 Å². The highest BCUT2D eigenvalue weighted by atomic mass is 16.5. The molecule has 2 fully saturated rings. The van der Waals surface area contributed by atoms with Gasteiger partial charge < -0.3 is 14.4 Å². The van der Waals surface area contributed by atoms with Gasteiger partial charge in [0, 0.05) is 30.3 Å². The lowest BCUT2D eigenvalue weighted by molar-refractivity contribution is -0.174. The summed E-state index contributed by atoms with van der Waals surface area (Å²) in [6.45, 7) is 7.78. The monoisotopic (exact) mass is 367 g/mol. The smallest absolute Gasteiger partial charge is 0.316 e. The Hall–Kier alpha value is -2.47. The summed E-state index contributed by atoms with van der Waals surface area (Å²) in [5, 5.41) is 0. The predicted octanol–water partition coefficient (Wildman–Crippen LogP) is 2.85. The average Bonchev–Trinajstić information content (AvgIpc) is 2.58. The zero-order chi connectivity index (χ0) is 19.0. The lowest BCUT2D eigenvalue weighted by Crippen LogP contribution is -2.67. The molecule has 1 amide bonds.